The second-order valence-corrected chi connectivity index (χ2v) is 21.2. The molecular weight excluding hydrogens is 916 g/mol. The third kappa shape index (κ3) is 19.3. The van der Waals surface area contributed by atoms with E-state index in [1.165, 1.54) is 50.2 Å². The van der Waals surface area contributed by atoms with Crippen molar-refractivity contribution < 1.29 is 26.2 Å². The van der Waals surface area contributed by atoms with E-state index in [1.807, 2.05) is 0 Å². The maximum Gasteiger partial charge on any atom is 3.00 e. The average molecular weight is 1020 g/mol. The monoisotopic (exact) mass is 1020 g/mol. The zero-order valence-corrected chi connectivity index (χ0v) is 49.3. The summed E-state index contributed by atoms with van der Waals surface area (Å²) in [7, 11) is 0. The van der Waals surface area contributed by atoms with Crippen LogP contribution in [0.3, 0.4) is 0 Å². The van der Waals surface area contributed by atoms with Gasteiger partial charge in [-0.25, -0.2) is 0 Å². The summed E-state index contributed by atoms with van der Waals surface area (Å²) in [5.41, 5.74) is 16.9. The van der Waals surface area contributed by atoms with E-state index in [4.69, 9.17) is 15.3 Å². The molecule has 0 amide bonds. The summed E-state index contributed by atoms with van der Waals surface area (Å²) in [6.07, 6.45) is 0. The van der Waals surface area contributed by atoms with Crippen LogP contribution >= 0.6 is 0 Å². The molecule has 0 aromatic heterocycles. The molecule has 0 saturated carbocycles. The summed E-state index contributed by atoms with van der Waals surface area (Å²) in [5, 5.41) is 9.25. The van der Waals surface area contributed by atoms with Crippen LogP contribution in [-0.4, -0.2) is 22.5 Å². The third-order valence-electron chi connectivity index (χ3n) is 12.6. The Morgan fingerprint density at radius 1 is 0.406 bits per heavy atom. The zero-order chi connectivity index (χ0) is 47.0. The van der Waals surface area contributed by atoms with Gasteiger partial charge in [0.15, 0.2) is 0 Å². The molecule has 4 rings (SSSR count). The predicted octanol–water partition coefficient (Wildman–Crippen LogP) is 22.2. The van der Waals surface area contributed by atoms with Crippen molar-refractivity contribution in [1.82, 2.24) is 0 Å². The van der Waals surface area contributed by atoms with Crippen molar-refractivity contribution in [3.05, 3.63) is 145 Å². The van der Waals surface area contributed by atoms with E-state index in [0.717, 1.165) is 28.5 Å². The Morgan fingerprint density at radius 2 is 0.638 bits per heavy atom. The van der Waals surface area contributed by atoms with Gasteiger partial charge in [0, 0.05) is 17.1 Å². The molecular formula is C64H108N4Zr-. The van der Waals surface area contributed by atoms with Gasteiger partial charge in [0.25, 0.3) is 0 Å². The van der Waals surface area contributed by atoms with Gasteiger partial charge in [0.05, 0.1) is 16.9 Å². The van der Waals surface area contributed by atoms with Crippen molar-refractivity contribution in [3.8, 4) is 0 Å². The molecule has 4 nitrogen and oxygen atoms in total. The molecule has 0 spiro atoms. The van der Waals surface area contributed by atoms with Crippen LogP contribution in [0, 0.1) is 22.3 Å². The van der Waals surface area contributed by atoms with E-state index in [-0.39, 0.29) is 76.3 Å². The molecule has 5 heteroatoms. The summed E-state index contributed by atoms with van der Waals surface area (Å²) < 4.78 is 0. The van der Waals surface area contributed by atoms with Crippen LogP contribution in [0.1, 0.15) is 266 Å². The number of nitrogens with zero attached hydrogens (tertiary/aromatic N) is 3. The number of nitrogens with one attached hydrogen (secondary N) is 1. The van der Waals surface area contributed by atoms with E-state index in [2.05, 4.69) is 230 Å². The Bertz CT molecular complexity index is 1880. The number of hydrogen-bond acceptors (Lipinski definition) is 3. The molecule has 1 radical (unpaired) electrons. The molecule has 0 aliphatic heterocycles. The summed E-state index contributed by atoms with van der Waals surface area (Å²) in [4.78, 5) is 10.5. The molecule has 0 aliphatic carbocycles. The van der Waals surface area contributed by atoms with Gasteiger partial charge in [0.2, 0.25) is 0 Å². The van der Waals surface area contributed by atoms with Gasteiger partial charge in [-0.3, -0.25) is 9.98 Å². The molecule has 389 valence electrons. The minimum absolute atomic E-state index is 0. The molecule has 69 heavy (non-hydrogen) atoms. The van der Waals surface area contributed by atoms with E-state index in [0.29, 0.717) is 47.3 Å². The maximum atomic E-state index is 5.35. The first-order chi connectivity index (χ1) is 28.7. The maximum absolute atomic E-state index is 5.35. The van der Waals surface area contributed by atoms with E-state index in [1.54, 1.807) is 0 Å². The van der Waals surface area contributed by atoms with E-state index in [9.17, 15) is 0 Å². The van der Waals surface area contributed by atoms with Crippen LogP contribution in [0.25, 0.3) is 5.32 Å². The minimum Gasteiger partial charge on any atom is -0.674 e. The third-order valence-corrected chi connectivity index (χ3v) is 12.6. The predicted molar refractivity (Wildman–Crippen MR) is 318 cm³/mol. The Balaban J connectivity index is -0.000000359. The Morgan fingerprint density at radius 3 is 0.899 bits per heavy atom. The number of anilines is 1. The molecule has 4 aromatic carbocycles. The van der Waals surface area contributed by atoms with Crippen LogP contribution < -0.4 is 5.32 Å². The number of para-hydroxylation sites is 4. The number of rotatable bonds is 16. The Labute approximate surface area is 450 Å². The molecule has 1 N–H and O–H groups in total. The fraction of sp³-hybridized carbons (Fsp3) is 0.547. The van der Waals surface area contributed by atoms with Gasteiger partial charge < -0.3 is 32.9 Å². The Hall–Kier alpha value is -3.30. The first-order valence-electron chi connectivity index (χ1n) is 23.9. The van der Waals surface area contributed by atoms with Crippen LogP contribution in [0.5, 0.6) is 0 Å². The second-order valence-electron chi connectivity index (χ2n) is 21.2. The van der Waals surface area contributed by atoms with Gasteiger partial charge in [-0.1, -0.05) is 236 Å². The average Bonchev–Trinajstić information content (AvgIpc) is 3.17. The summed E-state index contributed by atoms with van der Waals surface area (Å²) in [6.45, 7) is 49.3. The fourth-order valence-electron chi connectivity index (χ4n) is 7.99. The topological polar surface area (TPSA) is 50.9 Å². The van der Waals surface area contributed by atoms with Crippen molar-refractivity contribution in [2.75, 3.05) is 5.32 Å². The van der Waals surface area contributed by atoms with Crippen molar-refractivity contribution in [2.24, 2.45) is 9.98 Å². The quantitative estimate of drug-likeness (QED) is 0.0882. The molecule has 0 aliphatic rings. The zero-order valence-electron chi connectivity index (χ0n) is 46.9. The van der Waals surface area contributed by atoms with Gasteiger partial charge in [-0.15, -0.1) is 5.69 Å². The standard InChI is InChI=1S/C29H44N2.C29H43N2.3CH4.3CH3.Zr/c2*1-18(2)23-14-12-15-24(19(3)4)27(23)30-22(9)29(10,11)31-28-25(20(5)6)16-13-17-26(28)21(7)8;;;;;;;/h12-21,31H,1-11H3;12-21H,1-11H3;3*1H4;3*1H3;/q;-1;;;;3*-1;+3. The molecule has 0 bridgehead atoms. The van der Waals surface area contributed by atoms with Crippen LogP contribution in [0.4, 0.5) is 22.7 Å². The number of aliphatic imine (C=N–C) groups is 2. The first-order valence-corrected chi connectivity index (χ1v) is 23.9. The molecule has 0 heterocycles. The van der Waals surface area contributed by atoms with Crippen LogP contribution in [0.2, 0.25) is 0 Å². The smallest absolute Gasteiger partial charge is 0.674 e. The number of hydrogen-bond donors (Lipinski definition) is 1. The summed E-state index contributed by atoms with van der Waals surface area (Å²) in [6, 6.07) is 26.6. The van der Waals surface area contributed by atoms with Crippen molar-refractivity contribution in [1.29, 1.82) is 0 Å². The van der Waals surface area contributed by atoms with Crippen molar-refractivity contribution >= 4 is 34.2 Å². The molecule has 0 unspecified atom stereocenters. The number of benzene rings is 4. The Kier molecular flexibility index (Phi) is 34.5. The van der Waals surface area contributed by atoms with Crippen LogP contribution in [0.15, 0.2) is 82.8 Å². The van der Waals surface area contributed by atoms with Gasteiger partial charge in [-0.2, -0.15) is 0 Å². The molecule has 0 atom stereocenters. The van der Waals surface area contributed by atoms with E-state index >= 15 is 0 Å². The summed E-state index contributed by atoms with van der Waals surface area (Å²) >= 11 is 0. The van der Waals surface area contributed by atoms with Gasteiger partial charge in [-0.05, 0) is 108 Å². The SMILES string of the molecule is C.C.C.CC(=Nc1c(C(C)C)cccc1C(C)C)C(C)(C)Nc1c(C(C)C)cccc1C(C)C.CC(=Nc1c(C(C)C)cccc1C(C)C)C(C)(C)[N-]c1c(C(C)C)cccc1C(C)C.[CH3-].[CH3-].[CH3-].[Zr+3]. The van der Waals surface area contributed by atoms with Crippen LogP contribution in [-0.2, 0) is 26.2 Å². The van der Waals surface area contributed by atoms with Gasteiger partial charge in [0.1, 0.15) is 0 Å². The van der Waals surface area contributed by atoms with Gasteiger partial charge >= 0.3 is 26.2 Å². The van der Waals surface area contributed by atoms with Crippen molar-refractivity contribution in [3.63, 3.8) is 0 Å². The largest absolute Gasteiger partial charge is 3.00 e. The second kappa shape index (κ2) is 31.9. The minimum atomic E-state index is -0.396. The first kappa shape index (κ1) is 74.6. The molecule has 0 saturated heterocycles. The fourth-order valence-corrected chi connectivity index (χ4v) is 7.99. The summed E-state index contributed by atoms with van der Waals surface area (Å²) in [5.74, 6) is 3.52. The normalized spacial score (nSPS) is 11.7. The molecule has 4 aromatic rings. The van der Waals surface area contributed by atoms with Crippen molar-refractivity contribution in [2.45, 2.75) is 233 Å². The van der Waals surface area contributed by atoms with E-state index < -0.39 is 5.54 Å². The molecule has 0 fully saturated rings.